The van der Waals surface area contributed by atoms with Gasteiger partial charge in [0.05, 0.1) is 22.6 Å². The van der Waals surface area contributed by atoms with E-state index in [1.165, 1.54) is 10.9 Å². The van der Waals surface area contributed by atoms with E-state index in [9.17, 15) is 0 Å². The van der Waals surface area contributed by atoms with Crippen molar-refractivity contribution < 1.29 is 4.39 Å². The van der Waals surface area contributed by atoms with E-state index in [1.807, 2.05) is 26.0 Å². The van der Waals surface area contributed by atoms with Crippen molar-refractivity contribution in [1.29, 1.82) is 0 Å². The van der Waals surface area contributed by atoms with Gasteiger partial charge in [0, 0.05) is 45.4 Å². The molecule has 4 heteroatoms. The van der Waals surface area contributed by atoms with E-state index >= 15 is 4.39 Å². The monoisotopic (exact) mass is 523 g/mol. The molecule has 0 atom stereocenters. The van der Waals surface area contributed by atoms with Gasteiger partial charge < -0.3 is 4.57 Å². The molecule has 8 rings (SSSR count). The molecule has 196 valence electrons. The highest BCUT2D eigenvalue weighted by molar-refractivity contribution is 6.14. The first-order valence-corrected chi connectivity index (χ1v) is 14.0. The van der Waals surface area contributed by atoms with Gasteiger partial charge in [-0.2, -0.15) is 0 Å². The molecule has 4 aromatic carbocycles. The largest absolute Gasteiger partial charge is 0.309 e. The van der Waals surface area contributed by atoms with Gasteiger partial charge in [-0.3, -0.25) is 9.97 Å². The van der Waals surface area contributed by atoms with Crippen LogP contribution in [0, 0.1) is 5.82 Å². The van der Waals surface area contributed by atoms with E-state index in [1.54, 1.807) is 18.5 Å². The first-order chi connectivity index (χ1) is 19.5. The molecule has 2 aliphatic rings. The SMILES string of the molecule is CC.CC(C)(c1ccc(-n2c3c(c4ccccc42)CC=C3)cc1F)c1ccc2c3c(cccc13)-c1nccnc1-2. The maximum absolute atomic E-state index is 16.1. The Hall–Kier alpha value is -4.57. The normalized spacial score (nSPS) is 12.9. The quantitative estimate of drug-likeness (QED) is 0.231. The number of aromatic nitrogens is 3. The number of hydrogen-bond acceptors (Lipinski definition) is 2. The van der Waals surface area contributed by atoms with Gasteiger partial charge in [0.15, 0.2) is 0 Å². The standard InChI is InChI=1S/C34H24FN3.C2H6/c1-34(2,26-16-14-25-31-23(26)9-5-10-24(31)32-33(25)37-18-17-36-32)27-15-13-20(19-28(27)35)38-29-11-4-3-7-21(29)22-8-6-12-30(22)38;1-2/h3-7,9-19H,8H2,1-2H3;1-2H3. The number of rotatable bonds is 3. The summed E-state index contributed by atoms with van der Waals surface area (Å²) < 4.78 is 18.3. The van der Waals surface area contributed by atoms with Gasteiger partial charge in [-0.25, -0.2) is 4.39 Å². The third-order valence-electron chi connectivity index (χ3n) is 8.42. The Balaban J connectivity index is 0.00000130. The second-order valence-corrected chi connectivity index (χ2v) is 10.8. The van der Waals surface area contributed by atoms with Crippen molar-refractivity contribution in [2.24, 2.45) is 0 Å². The van der Waals surface area contributed by atoms with E-state index in [0.717, 1.165) is 62.2 Å². The highest BCUT2D eigenvalue weighted by atomic mass is 19.1. The van der Waals surface area contributed by atoms with Crippen molar-refractivity contribution in [3.8, 4) is 28.2 Å². The van der Waals surface area contributed by atoms with E-state index in [0.29, 0.717) is 5.56 Å². The van der Waals surface area contributed by atoms with E-state index < -0.39 is 5.41 Å². The van der Waals surface area contributed by atoms with Crippen LogP contribution in [0.15, 0.2) is 91.3 Å². The van der Waals surface area contributed by atoms with Crippen LogP contribution in [0.5, 0.6) is 0 Å². The zero-order chi connectivity index (χ0) is 27.6. The van der Waals surface area contributed by atoms with E-state index in [-0.39, 0.29) is 5.82 Å². The molecule has 0 radical (unpaired) electrons. The fourth-order valence-corrected chi connectivity index (χ4v) is 6.66. The zero-order valence-electron chi connectivity index (χ0n) is 23.2. The molecule has 2 aromatic heterocycles. The molecule has 6 aromatic rings. The lowest BCUT2D eigenvalue weighted by Crippen LogP contribution is -2.21. The van der Waals surface area contributed by atoms with E-state index in [4.69, 9.17) is 0 Å². The minimum Gasteiger partial charge on any atom is -0.309 e. The Bertz CT molecular complexity index is 1960. The molecular formula is C36H30FN3. The maximum atomic E-state index is 16.1. The summed E-state index contributed by atoms with van der Waals surface area (Å²) in [5, 5.41) is 3.50. The average Bonchev–Trinajstić information content (AvgIpc) is 3.67. The lowest BCUT2D eigenvalue weighted by atomic mass is 9.75. The Kier molecular flexibility index (Phi) is 5.50. The van der Waals surface area contributed by atoms with Crippen LogP contribution in [0.3, 0.4) is 0 Å². The number of halogens is 1. The zero-order valence-corrected chi connectivity index (χ0v) is 23.2. The summed E-state index contributed by atoms with van der Waals surface area (Å²) >= 11 is 0. The summed E-state index contributed by atoms with van der Waals surface area (Å²) in [5.41, 5.74) is 9.64. The summed E-state index contributed by atoms with van der Waals surface area (Å²) in [6, 6.07) is 24.7. The summed E-state index contributed by atoms with van der Waals surface area (Å²) in [5.74, 6) is -0.198. The van der Waals surface area contributed by atoms with Crippen LogP contribution in [-0.4, -0.2) is 14.5 Å². The van der Waals surface area contributed by atoms with Gasteiger partial charge >= 0.3 is 0 Å². The van der Waals surface area contributed by atoms with Gasteiger partial charge in [-0.1, -0.05) is 88.4 Å². The lowest BCUT2D eigenvalue weighted by molar-refractivity contribution is 0.550. The molecule has 40 heavy (non-hydrogen) atoms. The molecule has 0 spiro atoms. The molecule has 2 aliphatic carbocycles. The molecule has 0 amide bonds. The van der Waals surface area contributed by atoms with Crippen molar-refractivity contribution in [1.82, 2.24) is 14.5 Å². The average molecular weight is 524 g/mol. The lowest BCUT2D eigenvalue weighted by Gasteiger charge is -2.29. The second-order valence-electron chi connectivity index (χ2n) is 10.8. The molecule has 0 N–H and O–H groups in total. The maximum Gasteiger partial charge on any atom is 0.129 e. The number of benzene rings is 4. The molecule has 2 heterocycles. The second kappa shape index (κ2) is 8.99. The van der Waals surface area contributed by atoms with Gasteiger partial charge in [-0.05, 0) is 52.8 Å². The van der Waals surface area contributed by atoms with Crippen molar-refractivity contribution in [3.05, 3.63) is 119 Å². The Labute approximate surface area is 233 Å². The van der Waals surface area contributed by atoms with Crippen LogP contribution >= 0.6 is 0 Å². The smallest absolute Gasteiger partial charge is 0.129 e. The van der Waals surface area contributed by atoms with Crippen LogP contribution in [0.2, 0.25) is 0 Å². The molecule has 0 unspecified atom stereocenters. The molecule has 0 bridgehead atoms. The van der Waals surface area contributed by atoms with Crippen molar-refractivity contribution in [3.63, 3.8) is 0 Å². The van der Waals surface area contributed by atoms with E-state index in [2.05, 4.69) is 95.1 Å². The summed E-state index contributed by atoms with van der Waals surface area (Å²) in [7, 11) is 0. The van der Waals surface area contributed by atoms with Crippen molar-refractivity contribution in [2.75, 3.05) is 0 Å². The minimum absolute atomic E-state index is 0.198. The van der Waals surface area contributed by atoms with Crippen LogP contribution in [0.25, 0.3) is 56.0 Å². The van der Waals surface area contributed by atoms with Gasteiger partial charge in [-0.15, -0.1) is 0 Å². The predicted molar refractivity (Wildman–Crippen MR) is 163 cm³/mol. The molecule has 3 nitrogen and oxygen atoms in total. The summed E-state index contributed by atoms with van der Waals surface area (Å²) in [6.45, 7) is 8.22. The fourth-order valence-electron chi connectivity index (χ4n) is 6.66. The van der Waals surface area contributed by atoms with Gasteiger partial charge in [0.1, 0.15) is 5.82 Å². The topological polar surface area (TPSA) is 30.7 Å². The first kappa shape index (κ1) is 24.5. The van der Waals surface area contributed by atoms with Crippen LogP contribution in [0.4, 0.5) is 4.39 Å². The number of fused-ring (bicyclic) bond motifs is 6. The molecule has 0 saturated heterocycles. The Morgan fingerprint density at radius 1 is 0.775 bits per heavy atom. The number of hydrogen-bond donors (Lipinski definition) is 0. The first-order valence-electron chi connectivity index (χ1n) is 14.0. The van der Waals surface area contributed by atoms with Gasteiger partial charge in [0.2, 0.25) is 0 Å². The molecular weight excluding hydrogens is 493 g/mol. The van der Waals surface area contributed by atoms with Crippen molar-refractivity contribution >= 4 is 27.8 Å². The Morgan fingerprint density at radius 2 is 1.48 bits per heavy atom. The number of para-hydroxylation sites is 1. The minimum atomic E-state index is -0.560. The molecule has 0 aliphatic heterocycles. The summed E-state index contributed by atoms with van der Waals surface area (Å²) in [6.07, 6.45) is 8.73. The summed E-state index contributed by atoms with van der Waals surface area (Å²) in [4.78, 5) is 9.23. The molecule has 0 fully saturated rings. The predicted octanol–water partition coefficient (Wildman–Crippen LogP) is 9.28. The van der Waals surface area contributed by atoms with Crippen LogP contribution < -0.4 is 0 Å². The van der Waals surface area contributed by atoms with Crippen LogP contribution in [-0.2, 0) is 11.8 Å². The highest BCUT2D eigenvalue weighted by Crippen LogP contribution is 2.48. The molecule has 0 saturated carbocycles. The third-order valence-corrected chi connectivity index (χ3v) is 8.42. The number of allylic oxidation sites excluding steroid dienone is 1. The third kappa shape index (κ3) is 3.29. The highest BCUT2D eigenvalue weighted by Gasteiger charge is 2.32. The number of nitrogens with zero attached hydrogens (tertiary/aromatic N) is 3. The Morgan fingerprint density at radius 3 is 2.25 bits per heavy atom. The van der Waals surface area contributed by atoms with Crippen molar-refractivity contribution in [2.45, 2.75) is 39.5 Å². The fraction of sp³-hybridized carbons (Fsp3) is 0.167. The van der Waals surface area contributed by atoms with Crippen LogP contribution in [0.1, 0.15) is 50.1 Å². The van der Waals surface area contributed by atoms with Gasteiger partial charge in [0.25, 0.3) is 0 Å².